The smallest absolute Gasteiger partial charge is 0.191 e. The highest BCUT2D eigenvalue weighted by atomic mass is 127. The summed E-state index contributed by atoms with van der Waals surface area (Å²) in [5.41, 5.74) is 1.20. The summed E-state index contributed by atoms with van der Waals surface area (Å²) in [5.74, 6) is 2.53. The van der Waals surface area contributed by atoms with Gasteiger partial charge in [-0.1, -0.05) is 6.92 Å². The molecule has 1 aliphatic rings. The second kappa shape index (κ2) is 12.4. The average molecular weight is 545 g/mol. The maximum absolute atomic E-state index is 5.39. The zero-order valence-corrected chi connectivity index (χ0v) is 21.4. The van der Waals surface area contributed by atoms with Crippen molar-refractivity contribution in [2.45, 2.75) is 38.9 Å². The van der Waals surface area contributed by atoms with Gasteiger partial charge in [0.25, 0.3) is 0 Å². The predicted octanol–water partition coefficient (Wildman–Crippen LogP) is 3.89. The number of hydrogen-bond acceptors (Lipinski definition) is 5. The summed E-state index contributed by atoms with van der Waals surface area (Å²) in [6, 6.07) is 10.9. The van der Waals surface area contributed by atoms with E-state index < -0.39 is 0 Å². The molecule has 1 atom stereocenters. The molecular weight excluding hydrogens is 511 g/mol. The normalized spacial score (nSPS) is 16.8. The molecule has 6 nitrogen and oxygen atoms in total. The largest absolute Gasteiger partial charge is 0.497 e. The number of hydrogen-bond donors (Lipinski definition) is 2. The van der Waals surface area contributed by atoms with Crippen LogP contribution in [0.2, 0.25) is 0 Å². The zero-order valence-electron chi connectivity index (χ0n) is 18.2. The summed E-state index contributed by atoms with van der Waals surface area (Å²) in [6.07, 6.45) is 2.19. The predicted molar refractivity (Wildman–Crippen MR) is 136 cm³/mol. The van der Waals surface area contributed by atoms with E-state index in [4.69, 9.17) is 9.47 Å². The summed E-state index contributed by atoms with van der Waals surface area (Å²) in [6.45, 7) is 5.92. The van der Waals surface area contributed by atoms with Gasteiger partial charge in [0.05, 0.1) is 20.8 Å². The number of nitrogens with one attached hydrogen (secondary N) is 2. The lowest BCUT2D eigenvalue weighted by atomic mass is 10.2. The van der Waals surface area contributed by atoms with Crippen molar-refractivity contribution in [2.24, 2.45) is 4.99 Å². The molecule has 1 unspecified atom stereocenters. The van der Waals surface area contributed by atoms with E-state index in [2.05, 4.69) is 51.7 Å². The minimum absolute atomic E-state index is 0. The fourth-order valence-corrected chi connectivity index (χ4v) is 4.47. The Morgan fingerprint density at radius 3 is 2.47 bits per heavy atom. The van der Waals surface area contributed by atoms with Crippen molar-refractivity contribution in [3.05, 3.63) is 45.6 Å². The van der Waals surface area contributed by atoms with Crippen LogP contribution in [0.3, 0.4) is 0 Å². The van der Waals surface area contributed by atoms with Crippen LogP contribution in [0.15, 0.2) is 35.3 Å². The van der Waals surface area contributed by atoms with Crippen molar-refractivity contribution in [2.75, 3.05) is 34.4 Å². The highest BCUT2D eigenvalue weighted by molar-refractivity contribution is 14.0. The van der Waals surface area contributed by atoms with Crippen LogP contribution in [-0.4, -0.2) is 51.3 Å². The van der Waals surface area contributed by atoms with Gasteiger partial charge in [0.1, 0.15) is 11.5 Å². The van der Waals surface area contributed by atoms with Gasteiger partial charge < -0.3 is 20.1 Å². The number of benzene rings is 1. The van der Waals surface area contributed by atoms with Crippen LogP contribution >= 0.6 is 35.3 Å². The summed E-state index contributed by atoms with van der Waals surface area (Å²) >= 11 is 1.86. The molecule has 30 heavy (non-hydrogen) atoms. The molecule has 0 spiro atoms. The van der Waals surface area contributed by atoms with Crippen molar-refractivity contribution in [3.8, 4) is 11.5 Å². The number of rotatable bonds is 8. The van der Waals surface area contributed by atoms with Crippen LogP contribution < -0.4 is 20.1 Å². The van der Waals surface area contributed by atoms with E-state index in [1.54, 1.807) is 14.2 Å². The van der Waals surface area contributed by atoms with E-state index in [-0.39, 0.29) is 24.0 Å². The molecular formula is C22H33IN4O2S. The van der Waals surface area contributed by atoms with Crippen LogP contribution in [-0.2, 0) is 19.5 Å². The molecule has 1 aromatic carbocycles. The van der Waals surface area contributed by atoms with E-state index in [0.29, 0.717) is 6.04 Å². The van der Waals surface area contributed by atoms with Gasteiger partial charge in [-0.2, -0.15) is 0 Å². The number of methoxy groups -OCH3 is 2. The van der Waals surface area contributed by atoms with Crippen molar-refractivity contribution < 1.29 is 9.47 Å². The van der Waals surface area contributed by atoms with Gasteiger partial charge in [-0.05, 0) is 42.7 Å². The number of halogens is 1. The lowest BCUT2D eigenvalue weighted by Crippen LogP contribution is -2.44. The summed E-state index contributed by atoms with van der Waals surface area (Å²) in [7, 11) is 5.20. The van der Waals surface area contributed by atoms with E-state index in [0.717, 1.165) is 56.5 Å². The van der Waals surface area contributed by atoms with Gasteiger partial charge in [0.15, 0.2) is 5.96 Å². The molecule has 0 bridgehead atoms. The van der Waals surface area contributed by atoms with Gasteiger partial charge in [-0.3, -0.25) is 9.89 Å². The Bertz CT molecular complexity index is 805. The molecule has 0 amide bonds. The standard InChI is InChI=1S/C22H32N4O2S.HI/c1-5-20-6-7-21(29-20)13-24-22(23-2)25-17-8-9-26(15-17)14-16-10-18(27-3)12-19(11-16)28-4;/h6-7,10-12,17H,5,8-9,13-15H2,1-4H3,(H2,23,24,25);1H. The minimum atomic E-state index is 0. The van der Waals surface area contributed by atoms with Crippen molar-refractivity contribution in [1.82, 2.24) is 15.5 Å². The van der Waals surface area contributed by atoms with Crippen LogP contribution in [0.1, 0.15) is 28.7 Å². The van der Waals surface area contributed by atoms with Crippen LogP contribution in [0, 0.1) is 0 Å². The van der Waals surface area contributed by atoms with Crippen molar-refractivity contribution in [1.29, 1.82) is 0 Å². The molecule has 1 aliphatic heterocycles. The molecule has 0 aliphatic carbocycles. The second-order valence-electron chi connectivity index (χ2n) is 7.23. The Morgan fingerprint density at radius 1 is 1.17 bits per heavy atom. The number of thiophene rings is 1. The molecule has 3 rings (SSSR count). The Labute approximate surface area is 201 Å². The Hall–Kier alpha value is -1.52. The Morgan fingerprint density at radius 2 is 1.87 bits per heavy atom. The lowest BCUT2D eigenvalue weighted by molar-refractivity contribution is 0.321. The molecule has 1 aromatic heterocycles. The first-order chi connectivity index (χ1) is 14.1. The van der Waals surface area contributed by atoms with E-state index >= 15 is 0 Å². The third-order valence-corrected chi connectivity index (χ3v) is 6.38. The van der Waals surface area contributed by atoms with Crippen molar-refractivity contribution >= 4 is 41.3 Å². The summed E-state index contributed by atoms with van der Waals surface area (Å²) in [5, 5.41) is 7.01. The van der Waals surface area contributed by atoms with E-state index in [1.807, 2.05) is 24.5 Å². The topological polar surface area (TPSA) is 58.1 Å². The SMILES string of the molecule is CCc1ccc(CNC(=NC)NC2CCN(Cc3cc(OC)cc(OC)c3)C2)s1.I. The summed E-state index contributed by atoms with van der Waals surface area (Å²) < 4.78 is 10.8. The summed E-state index contributed by atoms with van der Waals surface area (Å²) in [4.78, 5) is 9.61. The zero-order chi connectivity index (χ0) is 20.6. The van der Waals surface area contributed by atoms with Crippen LogP contribution in [0.4, 0.5) is 0 Å². The minimum Gasteiger partial charge on any atom is -0.497 e. The number of likely N-dealkylation sites (tertiary alicyclic amines) is 1. The number of ether oxygens (including phenoxy) is 2. The molecule has 1 fully saturated rings. The van der Waals surface area contributed by atoms with Crippen LogP contribution in [0.5, 0.6) is 11.5 Å². The highest BCUT2D eigenvalue weighted by Crippen LogP contribution is 2.24. The molecule has 166 valence electrons. The number of guanidine groups is 1. The molecule has 2 N–H and O–H groups in total. The fraction of sp³-hybridized carbons (Fsp3) is 0.500. The molecule has 2 aromatic rings. The van der Waals surface area contributed by atoms with Crippen LogP contribution in [0.25, 0.3) is 0 Å². The molecule has 0 radical (unpaired) electrons. The van der Waals surface area contributed by atoms with Gasteiger partial charge in [0, 0.05) is 48.5 Å². The lowest BCUT2D eigenvalue weighted by Gasteiger charge is -2.19. The third kappa shape index (κ3) is 7.02. The maximum atomic E-state index is 5.39. The average Bonchev–Trinajstić information content (AvgIpc) is 3.39. The monoisotopic (exact) mass is 544 g/mol. The van der Waals surface area contributed by atoms with Gasteiger partial charge in [-0.25, -0.2) is 0 Å². The number of aryl methyl sites for hydroxylation is 1. The van der Waals surface area contributed by atoms with E-state index in [9.17, 15) is 0 Å². The first kappa shape index (κ1) is 24.7. The first-order valence-corrected chi connectivity index (χ1v) is 10.9. The first-order valence-electron chi connectivity index (χ1n) is 10.1. The fourth-order valence-electron chi connectivity index (χ4n) is 3.58. The molecule has 2 heterocycles. The molecule has 8 heteroatoms. The van der Waals surface area contributed by atoms with Gasteiger partial charge in [-0.15, -0.1) is 35.3 Å². The third-order valence-electron chi connectivity index (χ3n) is 5.15. The molecule has 0 saturated carbocycles. The maximum Gasteiger partial charge on any atom is 0.191 e. The highest BCUT2D eigenvalue weighted by Gasteiger charge is 2.23. The number of nitrogens with zero attached hydrogens (tertiary/aromatic N) is 2. The molecule has 1 saturated heterocycles. The number of aliphatic imine (C=N–C) groups is 1. The van der Waals surface area contributed by atoms with E-state index in [1.165, 1.54) is 15.3 Å². The quantitative estimate of drug-likeness (QED) is 0.300. The van der Waals surface area contributed by atoms with Gasteiger partial charge >= 0.3 is 0 Å². The van der Waals surface area contributed by atoms with Crippen molar-refractivity contribution in [3.63, 3.8) is 0 Å². The second-order valence-corrected chi connectivity index (χ2v) is 8.49. The Balaban J connectivity index is 0.00000320. The van der Waals surface area contributed by atoms with Gasteiger partial charge in [0.2, 0.25) is 0 Å². The Kier molecular flexibility index (Phi) is 10.2.